The first-order valence-corrected chi connectivity index (χ1v) is 10.2. The number of nitrogens with zero attached hydrogens (tertiary/aromatic N) is 3. The van der Waals surface area contributed by atoms with Crippen LogP contribution in [-0.4, -0.2) is 33.5 Å². The molecule has 0 aliphatic heterocycles. The lowest BCUT2D eigenvalue weighted by Crippen LogP contribution is -2.15. The summed E-state index contributed by atoms with van der Waals surface area (Å²) in [6.45, 7) is 0. The molecule has 0 radical (unpaired) electrons. The Balaban J connectivity index is 1.40. The predicted octanol–water partition coefficient (Wildman–Crippen LogP) is 3.94. The lowest BCUT2D eigenvalue weighted by Gasteiger charge is -2.12. The maximum Gasteiger partial charge on any atom is 0.234 e. The third kappa shape index (κ3) is 4.54. The van der Waals surface area contributed by atoms with E-state index in [9.17, 15) is 4.79 Å². The van der Waals surface area contributed by atoms with Gasteiger partial charge in [0.15, 0.2) is 5.16 Å². The van der Waals surface area contributed by atoms with Crippen molar-refractivity contribution in [3.05, 3.63) is 66.0 Å². The van der Waals surface area contributed by atoms with Gasteiger partial charge in [0.1, 0.15) is 12.1 Å². The van der Waals surface area contributed by atoms with Crippen molar-refractivity contribution in [1.82, 2.24) is 14.8 Å². The minimum Gasteiger partial charge on any atom is -0.496 e. The number of aromatic nitrogens is 3. The molecule has 1 saturated carbocycles. The normalized spacial score (nSPS) is 13.3. The van der Waals surface area contributed by atoms with Gasteiger partial charge < -0.3 is 14.6 Å². The van der Waals surface area contributed by atoms with Crippen molar-refractivity contribution in [1.29, 1.82) is 0 Å². The molecule has 4 rings (SSSR count). The third-order valence-electron chi connectivity index (χ3n) is 4.61. The van der Waals surface area contributed by atoms with Crippen LogP contribution in [-0.2, 0) is 11.2 Å². The topological polar surface area (TPSA) is 69.0 Å². The summed E-state index contributed by atoms with van der Waals surface area (Å²) in [5, 5.41) is 11.9. The Morgan fingerprint density at radius 1 is 1.25 bits per heavy atom. The molecule has 28 heavy (non-hydrogen) atoms. The van der Waals surface area contributed by atoms with E-state index in [-0.39, 0.29) is 5.91 Å². The van der Waals surface area contributed by atoms with Gasteiger partial charge in [-0.3, -0.25) is 4.79 Å². The van der Waals surface area contributed by atoms with Gasteiger partial charge in [0.2, 0.25) is 5.91 Å². The molecule has 1 aliphatic rings. The number of carbonyl (C=O) groups is 1. The first kappa shape index (κ1) is 18.6. The number of ether oxygens (including phenoxy) is 1. The van der Waals surface area contributed by atoms with Crippen molar-refractivity contribution in [3.63, 3.8) is 0 Å². The fourth-order valence-corrected chi connectivity index (χ4v) is 3.86. The Labute approximate surface area is 168 Å². The molecule has 1 heterocycles. The van der Waals surface area contributed by atoms with Crippen LogP contribution < -0.4 is 10.1 Å². The molecule has 3 aromatic rings. The highest BCUT2D eigenvalue weighted by Crippen LogP contribution is 2.37. The summed E-state index contributed by atoms with van der Waals surface area (Å²) in [6.07, 6.45) is 4.81. The molecule has 0 unspecified atom stereocenters. The van der Waals surface area contributed by atoms with E-state index in [0.29, 0.717) is 11.8 Å². The lowest BCUT2D eigenvalue weighted by molar-refractivity contribution is -0.113. The molecule has 1 N–H and O–H groups in total. The summed E-state index contributed by atoms with van der Waals surface area (Å²) < 4.78 is 7.54. The van der Waals surface area contributed by atoms with Crippen LogP contribution in [0, 0.1) is 0 Å². The van der Waals surface area contributed by atoms with Gasteiger partial charge in [-0.2, -0.15) is 0 Å². The summed E-state index contributed by atoms with van der Waals surface area (Å²) in [5.41, 5.74) is 2.99. The second kappa shape index (κ2) is 8.48. The van der Waals surface area contributed by atoms with E-state index in [2.05, 4.69) is 32.2 Å². The first-order valence-electron chi connectivity index (χ1n) is 9.26. The summed E-state index contributed by atoms with van der Waals surface area (Å²) in [4.78, 5) is 12.4. The molecular weight excluding hydrogens is 372 g/mol. The molecule has 1 aliphatic carbocycles. The standard InChI is InChI=1S/C21H22N4O2S/c1-27-19-10-7-17(12-16(19)11-15-5-3-2-4-6-15)23-20(26)13-28-21-24-22-14-25(21)18-8-9-18/h2-7,10,12,14,18H,8-9,11,13H2,1H3,(H,23,26). The highest BCUT2D eigenvalue weighted by Gasteiger charge is 2.26. The Morgan fingerprint density at radius 2 is 2.07 bits per heavy atom. The van der Waals surface area contributed by atoms with Gasteiger partial charge in [0.25, 0.3) is 0 Å². The highest BCUT2D eigenvalue weighted by atomic mass is 32.2. The van der Waals surface area contributed by atoms with Gasteiger partial charge in [0, 0.05) is 23.7 Å². The first-order chi connectivity index (χ1) is 13.7. The molecule has 2 aromatic carbocycles. The van der Waals surface area contributed by atoms with Gasteiger partial charge >= 0.3 is 0 Å². The number of amides is 1. The minimum absolute atomic E-state index is 0.0637. The molecule has 144 valence electrons. The van der Waals surface area contributed by atoms with Crippen molar-refractivity contribution < 1.29 is 9.53 Å². The van der Waals surface area contributed by atoms with E-state index < -0.39 is 0 Å². The average Bonchev–Trinajstić information content (AvgIpc) is 3.45. The number of methoxy groups -OCH3 is 1. The molecule has 0 saturated heterocycles. The van der Waals surface area contributed by atoms with Gasteiger partial charge in [-0.25, -0.2) is 0 Å². The van der Waals surface area contributed by atoms with Crippen LogP contribution in [0.25, 0.3) is 0 Å². The number of carbonyl (C=O) groups excluding carboxylic acids is 1. The fraction of sp³-hybridized carbons (Fsp3) is 0.286. The van der Waals surface area contributed by atoms with Crippen LogP contribution in [0.3, 0.4) is 0 Å². The van der Waals surface area contributed by atoms with Crippen LogP contribution in [0.4, 0.5) is 5.69 Å². The summed E-state index contributed by atoms with van der Waals surface area (Å²) >= 11 is 1.42. The van der Waals surface area contributed by atoms with Crippen LogP contribution >= 0.6 is 11.8 Å². The molecule has 6 nitrogen and oxygen atoms in total. The van der Waals surface area contributed by atoms with E-state index in [1.54, 1.807) is 13.4 Å². The third-order valence-corrected chi connectivity index (χ3v) is 5.57. The molecular formula is C21H22N4O2S. The monoisotopic (exact) mass is 394 g/mol. The SMILES string of the molecule is COc1ccc(NC(=O)CSc2nncn2C2CC2)cc1Cc1ccccc1. The number of nitrogens with one attached hydrogen (secondary N) is 1. The number of hydrogen-bond acceptors (Lipinski definition) is 5. The van der Waals surface area contributed by atoms with Crippen molar-refractivity contribution in [2.45, 2.75) is 30.5 Å². The number of benzene rings is 2. The van der Waals surface area contributed by atoms with Gasteiger partial charge in [-0.15, -0.1) is 10.2 Å². The summed E-state index contributed by atoms with van der Waals surface area (Å²) in [6, 6.07) is 16.4. The van der Waals surface area contributed by atoms with E-state index in [1.807, 2.05) is 36.4 Å². The van der Waals surface area contributed by atoms with Gasteiger partial charge in [-0.1, -0.05) is 42.1 Å². The van der Waals surface area contributed by atoms with Crippen LogP contribution in [0.1, 0.15) is 30.0 Å². The second-order valence-electron chi connectivity index (χ2n) is 6.78. The Morgan fingerprint density at radius 3 is 2.82 bits per heavy atom. The number of rotatable bonds is 8. The minimum atomic E-state index is -0.0637. The zero-order valence-corrected chi connectivity index (χ0v) is 16.5. The van der Waals surface area contributed by atoms with Gasteiger partial charge in [-0.05, 0) is 36.6 Å². The molecule has 7 heteroatoms. The van der Waals surface area contributed by atoms with Crippen LogP contribution in [0.2, 0.25) is 0 Å². The zero-order chi connectivity index (χ0) is 19.3. The molecule has 0 spiro atoms. The quantitative estimate of drug-likeness (QED) is 0.586. The molecule has 0 atom stereocenters. The zero-order valence-electron chi connectivity index (χ0n) is 15.7. The summed E-state index contributed by atoms with van der Waals surface area (Å²) in [7, 11) is 1.66. The fourth-order valence-electron chi connectivity index (χ4n) is 3.08. The smallest absolute Gasteiger partial charge is 0.234 e. The van der Waals surface area contributed by atoms with Gasteiger partial charge in [0.05, 0.1) is 12.9 Å². The average molecular weight is 395 g/mol. The van der Waals surface area contributed by atoms with E-state index in [1.165, 1.54) is 17.3 Å². The molecule has 1 amide bonds. The Bertz CT molecular complexity index is 954. The highest BCUT2D eigenvalue weighted by molar-refractivity contribution is 7.99. The Kier molecular flexibility index (Phi) is 5.62. The number of anilines is 1. The molecule has 1 aromatic heterocycles. The lowest BCUT2D eigenvalue weighted by atomic mass is 10.0. The second-order valence-corrected chi connectivity index (χ2v) is 7.72. The van der Waals surface area contributed by atoms with Crippen molar-refractivity contribution in [2.24, 2.45) is 0 Å². The Hall–Kier alpha value is -2.80. The van der Waals surface area contributed by atoms with Crippen molar-refractivity contribution in [2.75, 3.05) is 18.2 Å². The number of hydrogen-bond donors (Lipinski definition) is 1. The maximum atomic E-state index is 12.4. The maximum absolute atomic E-state index is 12.4. The molecule has 0 bridgehead atoms. The van der Waals surface area contributed by atoms with E-state index in [0.717, 1.165) is 41.4 Å². The number of thioether (sulfide) groups is 1. The van der Waals surface area contributed by atoms with E-state index >= 15 is 0 Å². The van der Waals surface area contributed by atoms with Crippen molar-refractivity contribution in [3.8, 4) is 5.75 Å². The predicted molar refractivity (Wildman–Crippen MR) is 110 cm³/mol. The van der Waals surface area contributed by atoms with E-state index in [4.69, 9.17) is 4.74 Å². The summed E-state index contributed by atoms with van der Waals surface area (Å²) in [5.74, 6) is 1.05. The molecule has 1 fully saturated rings. The largest absolute Gasteiger partial charge is 0.496 e. The van der Waals surface area contributed by atoms with Crippen LogP contribution in [0.15, 0.2) is 60.0 Å². The van der Waals surface area contributed by atoms with Crippen LogP contribution in [0.5, 0.6) is 5.75 Å². The van der Waals surface area contributed by atoms with Crippen molar-refractivity contribution >= 4 is 23.4 Å².